The lowest BCUT2D eigenvalue weighted by molar-refractivity contribution is -0.106. The monoisotopic (exact) mass is 554 g/mol. The van der Waals surface area contributed by atoms with Crippen LogP contribution in [0.1, 0.15) is 43.5 Å². The van der Waals surface area contributed by atoms with Gasteiger partial charge in [0.05, 0.1) is 27.7 Å². The van der Waals surface area contributed by atoms with Gasteiger partial charge in [-0.15, -0.1) is 0 Å². The Morgan fingerprint density at radius 2 is 1.97 bits per heavy atom. The van der Waals surface area contributed by atoms with Crippen LogP contribution < -0.4 is 4.90 Å². The standard InChI is InChI=1S/C29H33ClF2N6O/c1-17(2)25-27(18(3)9-10-34-25)38(16-39)29-22(28(33-5)37-12-11-36(6)15-19(37)4)14-23(30)26(35-29)21-13-20(31)7-8-24(21)32/h7-10,13-14,16-17,19H,11-12,15H2,1-6H3. The van der Waals surface area contributed by atoms with Crippen LogP contribution in [0.2, 0.25) is 5.02 Å². The number of halogens is 3. The van der Waals surface area contributed by atoms with Crippen LogP contribution in [0, 0.1) is 18.6 Å². The Morgan fingerprint density at radius 1 is 1.23 bits per heavy atom. The summed E-state index contributed by atoms with van der Waals surface area (Å²) in [6.07, 6.45) is 2.37. The summed E-state index contributed by atoms with van der Waals surface area (Å²) in [7, 11) is 3.74. The van der Waals surface area contributed by atoms with E-state index >= 15 is 0 Å². The Bertz CT molecular complexity index is 1410. The number of aliphatic imine (C=N–C) groups is 1. The highest BCUT2D eigenvalue weighted by Gasteiger charge is 2.31. The van der Waals surface area contributed by atoms with Crippen molar-refractivity contribution in [2.45, 2.75) is 39.7 Å². The molecule has 2 aromatic heterocycles. The first-order chi connectivity index (χ1) is 18.6. The van der Waals surface area contributed by atoms with Gasteiger partial charge in [0.25, 0.3) is 0 Å². The Hall–Kier alpha value is -3.43. The highest BCUT2D eigenvalue weighted by molar-refractivity contribution is 6.33. The third-order valence-electron chi connectivity index (χ3n) is 6.97. The number of rotatable bonds is 6. The third kappa shape index (κ3) is 5.65. The average Bonchev–Trinajstić information content (AvgIpc) is 2.89. The van der Waals surface area contributed by atoms with Crippen LogP contribution in [0.5, 0.6) is 0 Å². The number of pyridine rings is 2. The summed E-state index contributed by atoms with van der Waals surface area (Å²) in [5.74, 6) is -0.507. The van der Waals surface area contributed by atoms with Crippen LogP contribution in [0.25, 0.3) is 11.3 Å². The number of hydrogen-bond acceptors (Lipinski definition) is 5. The number of carbonyl (C=O) groups excluding carboxylic acids is 1. The maximum absolute atomic E-state index is 14.9. The minimum Gasteiger partial charge on any atom is -0.351 e. The highest BCUT2D eigenvalue weighted by Crippen LogP contribution is 2.39. The summed E-state index contributed by atoms with van der Waals surface area (Å²) in [5, 5.41) is 0.110. The molecule has 4 rings (SSSR count). The summed E-state index contributed by atoms with van der Waals surface area (Å²) in [5.41, 5.74) is 2.51. The topological polar surface area (TPSA) is 64.9 Å². The van der Waals surface area contributed by atoms with Crippen molar-refractivity contribution in [2.75, 3.05) is 38.6 Å². The van der Waals surface area contributed by atoms with Crippen LogP contribution in [0.4, 0.5) is 20.3 Å². The van der Waals surface area contributed by atoms with E-state index in [4.69, 9.17) is 16.6 Å². The smallest absolute Gasteiger partial charge is 0.219 e. The molecule has 10 heteroatoms. The normalized spacial score (nSPS) is 16.6. The number of benzene rings is 1. The van der Waals surface area contributed by atoms with E-state index in [1.807, 2.05) is 26.8 Å². The fourth-order valence-electron chi connectivity index (χ4n) is 5.07. The van der Waals surface area contributed by atoms with Crippen molar-refractivity contribution in [1.82, 2.24) is 19.8 Å². The summed E-state index contributed by atoms with van der Waals surface area (Å²) in [6.45, 7) is 10.3. The number of piperazine rings is 1. The minimum absolute atomic E-state index is 0.00444. The van der Waals surface area contributed by atoms with Gasteiger partial charge in [-0.05, 0) is 62.7 Å². The largest absolute Gasteiger partial charge is 0.351 e. The summed E-state index contributed by atoms with van der Waals surface area (Å²) in [6, 6.07) is 6.67. The quantitative estimate of drug-likeness (QED) is 0.218. The van der Waals surface area contributed by atoms with E-state index in [1.165, 1.54) is 4.90 Å². The van der Waals surface area contributed by atoms with Gasteiger partial charge in [0.15, 0.2) is 5.82 Å². The second-order valence-corrected chi connectivity index (χ2v) is 10.6. The first-order valence-electron chi connectivity index (χ1n) is 12.9. The number of aryl methyl sites for hydroxylation is 1. The summed E-state index contributed by atoms with van der Waals surface area (Å²) >= 11 is 6.71. The Kier molecular flexibility index (Phi) is 8.61. The van der Waals surface area contributed by atoms with Crippen molar-refractivity contribution in [3.05, 3.63) is 70.0 Å². The van der Waals surface area contributed by atoms with E-state index in [9.17, 15) is 13.6 Å². The summed E-state index contributed by atoms with van der Waals surface area (Å²) < 4.78 is 29.1. The number of nitrogens with zero attached hydrogens (tertiary/aromatic N) is 6. The molecule has 1 fully saturated rings. The molecular formula is C29H33ClF2N6O. The molecule has 1 atom stereocenters. The molecular weight excluding hydrogens is 522 g/mol. The lowest BCUT2D eigenvalue weighted by Crippen LogP contribution is -2.53. The first-order valence-corrected chi connectivity index (χ1v) is 13.2. The molecule has 3 aromatic rings. The fourth-order valence-corrected chi connectivity index (χ4v) is 5.32. The lowest BCUT2D eigenvalue weighted by atomic mass is 10.0. The Balaban J connectivity index is 2.02. The van der Waals surface area contributed by atoms with E-state index in [0.717, 1.165) is 36.9 Å². The van der Waals surface area contributed by atoms with Gasteiger partial charge in [0, 0.05) is 44.5 Å². The van der Waals surface area contributed by atoms with Gasteiger partial charge in [0.2, 0.25) is 6.41 Å². The van der Waals surface area contributed by atoms with E-state index in [1.54, 1.807) is 19.3 Å². The molecule has 3 heterocycles. The van der Waals surface area contributed by atoms with Crippen LogP contribution in [0.15, 0.2) is 41.5 Å². The molecule has 0 spiro atoms. The van der Waals surface area contributed by atoms with Crippen molar-refractivity contribution in [2.24, 2.45) is 4.99 Å². The van der Waals surface area contributed by atoms with Gasteiger partial charge < -0.3 is 9.80 Å². The second kappa shape index (κ2) is 11.8. The third-order valence-corrected chi connectivity index (χ3v) is 7.26. The molecule has 0 N–H and O–H groups in total. The van der Waals surface area contributed by atoms with Gasteiger partial charge in [-0.3, -0.25) is 19.7 Å². The Labute approximate surface area is 233 Å². The predicted molar refractivity (Wildman–Crippen MR) is 152 cm³/mol. The van der Waals surface area contributed by atoms with Crippen LogP contribution in [-0.4, -0.2) is 71.8 Å². The molecule has 0 saturated carbocycles. The maximum atomic E-state index is 14.9. The zero-order valence-corrected chi connectivity index (χ0v) is 23.8. The number of hydrogen-bond donors (Lipinski definition) is 0. The van der Waals surface area contributed by atoms with Gasteiger partial charge in [-0.1, -0.05) is 25.4 Å². The SMILES string of the molecule is CN=C(c1cc(Cl)c(-c2cc(F)ccc2F)nc1N(C=O)c1c(C)ccnc1C(C)C)N1CCN(C)CC1C. The van der Waals surface area contributed by atoms with Gasteiger partial charge in [-0.25, -0.2) is 13.8 Å². The molecule has 7 nitrogen and oxygen atoms in total. The van der Waals surface area contributed by atoms with E-state index in [2.05, 4.69) is 33.7 Å². The summed E-state index contributed by atoms with van der Waals surface area (Å²) in [4.78, 5) is 32.6. The molecule has 1 aromatic carbocycles. The van der Waals surface area contributed by atoms with Gasteiger partial charge >= 0.3 is 0 Å². The molecule has 0 radical (unpaired) electrons. The van der Waals surface area contributed by atoms with Crippen molar-refractivity contribution in [3.63, 3.8) is 0 Å². The van der Waals surface area contributed by atoms with E-state index in [-0.39, 0.29) is 34.1 Å². The Morgan fingerprint density at radius 3 is 2.62 bits per heavy atom. The number of carbonyl (C=O) groups is 1. The fraction of sp³-hybridized carbons (Fsp3) is 0.379. The van der Waals surface area contributed by atoms with Crippen molar-refractivity contribution < 1.29 is 13.6 Å². The number of anilines is 2. The predicted octanol–water partition coefficient (Wildman–Crippen LogP) is 5.81. The van der Waals surface area contributed by atoms with Gasteiger partial charge in [-0.2, -0.15) is 0 Å². The van der Waals surface area contributed by atoms with Crippen LogP contribution in [0.3, 0.4) is 0 Å². The first kappa shape index (κ1) is 28.6. The van der Waals surface area contributed by atoms with Gasteiger partial charge in [0.1, 0.15) is 17.5 Å². The zero-order chi connectivity index (χ0) is 28.4. The van der Waals surface area contributed by atoms with Crippen LogP contribution in [-0.2, 0) is 4.79 Å². The molecule has 206 valence electrons. The molecule has 1 unspecified atom stereocenters. The lowest BCUT2D eigenvalue weighted by Gasteiger charge is -2.40. The van der Waals surface area contributed by atoms with E-state index in [0.29, 0.717) is 35.7 Å². The average molecular weight is 555 g/mol. The van der Waals surface area contributed by atoms with Crippen molar-refractivity contribution in [3.8, 4) is 11.3 Å². The molecule has 1 amide bonds. The molecule has 0 bridgehead atoms. The maximum Gasteiger partial charge on any atom is 0.219 e. The molecule has 1 saturated heterocycles. The van der Waals surface area contributed by atoms with E-state index < -0.39 is 11.6 Å². The molecule has 1 aliphatic heterocycles. The molecule has 1 aliphatic rings. The number of amidine groups is 1. The number of likely N-dealkylation sites (N-methyl/N-ethyl adjacent to an activating group) is 1. The number of amides is 1. The van der Waals surface area contributed by atoms with Crippen molar-refractivity contribution in [1.29, 1.82) is 0 Å². The van der Waals surface area contributed by atoms with Crippen LogP contribution >= 0.6 is 11.6 Å². The molecule has 0 aliphatic carbocycles. The number of aromatic nitrogens is 2. The second-order valence-electron chi connectivity index (χ2n) is 10.2. The zero-order valence-electron chi connectivity index (χ0n) is 23.0. The highest BCUT2D eigenvalue weighted by atomic mass is 35.5. The van der Waals surface area contributed by atoms with Crippen molar-refractivity contribution >= 4 is 35.4 Å². The molecule has 39 heavy (non-hydrogen) atoms. The minimum atomic E-state index is -0.681.